The highest BCUT2D eigenvalue weighted by Gasteiger charge is 2.45. The zero-order chi connectivity index (χ0) is 13.7. The lowest BCUT2D eigenvalue weighted by molar-refractivity contribution is -0.116. The molecule has 1 atom stereocenters. The smallest absolute Gasteiger partial charge is 0.155 e. The number of allylic oxidation sites excluding steroid dienone is 2. The highest BCUT2D eigenvalue weighted by Crippen LogP contribution is 2.53. The van der Waals surface area contributed by atoms with Crippen molar-refractivity contribution in [3.63, 3.8) is 0 Å². The van der Waals surface area contributed by atoms with Crippen LogP contribution in [0, 0.1) is 5.41 Å². The third-order valence-electron chi connectivity index (χ3n) is 5.12. The highest BCUT2D eigenvalue weighted by atomic mass is 16.1. The molecule has 0 radical (unpaired) electrons. The molecule has 0 aliphatic heterocycles. The van der Waals surface area contributed by atoms with Gasteiger partial charge in [-0.3, -0.25) is 4.79 Å². The van der Waals surface area contributed by atoms with Crippen LogP contribution < -0.4 is 0 Å². The summed E-state index contributed by atoms with van der Waals surface area (Å²) in [6.45, 7) is 6.84. The summed E-state index contributed by atoms with van der Waals surface area (Å²) < 4.78 is 0. The molecular formula is C18H22O. The molecule has 19 heavy (non-hydrogen) atoms. The first-order valence-electron chi connectivity index (χ1n) is 7.23. The number of rotatable bonds is 0. The number of carbonyl (C=O) groups is 1. The number of benzene rings is 1. The van der Waals surface area contributed by atoms with Crippen molar-refractivity contribution in [2.75, 3.05) is 0 Å². The van der Waals surface area contributed by atoms with Crippen molar-refractivity contribution >= 4 is 5.78 Å². The van der Waals surface area contributed by atoms with E-state index in [1.165, 1.54) is 16.7 Å². The lowest BCUT2D eigenvalue weighted by Crippen LogP contribution is -2.41. The van der Waals surface area contributed by atoms with Gasteiger partial charge >= 0.3 is 0 Å². The molecule has 0 heterocycles. The summed E-state index contributed by atoms with van der Waals surface area (Å²) in [5.74, 6) is 0.305. The summed E-state index contributed by atoms with van der Waals surface area (Å²) >= 11 is 0. The van der Waals surface area contributed by atoms with E-state index in [1.807, 2.05) is 6.08 Å². The van der Waals surface area contributed by atoms with Crippen LogP contribution in [-0.4, -0.2) is 5.78 Å². The average Bonchev–Trinajstić information content (AvgIpc) is 2.34. The van der Waals surface area contributed by atoms with Gasteiger partial charge in [0.15, 0.2) is 5.78 Å². The van der Waals surface area contributed by atoms with Gasteiger partial charge in [0.2, 0.25) is 0 Å². The van der Waals surface area contributed by atoms with Crippen LogP contribution in [0.4, 0.5) is 0 Å². The predicted molar refractivity (Wildman–Crippen MR) is 78.2 cm³/mol. The largest absolute Gasteiger partial charge is 0.295 e. The van der Waals surface area contributed by atoms with Crippen LogP contribution in [0.25, 0.3) is 0 Å². The molecule has 100 valence electrons. The predicted octanol–water partition coefficient (Wildman–Crippen LogP) is 4.21. The number of hydrogen-bond donors (Lipinski definition) is 0. The summed E-state index contributed by atoms with van der Waals surface area (Å²) in [5, 5.41) is 0. The first kappa shape index (κ1) is 12.7. The molecule has 2 aliphatic carbocycles. The fourth-order valence-electron chi connectivity index (χ4n) is 4.18. The average molecular weight is 254 g/mol. The molecular weight excluding hydrogens is 232 g/mol. The third-order valence-corrected chi connectivity index (χ3v) is 5.12. The standard InChI is InChI=1S/C18H22O/c1-13-10-15(19)8-9-18(13)11-14-6-4-5-7-16(14)17(2,3)12-18/h4-7,10H,8-9,11-12H2,1-3H3. The quantitative estimate of drug-likeness (QED) is 0.678. The Morgan fingerprint density at radius 2 is 1.89 bits per heavy atom. The van der Waals surface area contributed by atoms with E-state index in [-0.39, 0.29) is 10.8 Å². The van der Waals surface area contributed by atoms with Gasteiger partial charge in [-0.2, -0.15) is 0 Å². The molecule has 3 rings (SSSR count). The molecule has 0 saturated carbocycles. The van der Waals surface area contributed by atoms with E-state index < -0.39 is 0 Å². The Bertz CT molecular complexity index is 565. The van der Waals surface area contributed by atoms with Crippen LogP contribution in [0.5, 0.6) is 0 Å². The van der Waals surface area contributed by atoms with Crippen molar-refractivity contribution < 1.29 is 4.79 Å². The van der Waals surface area contributed by atoms with Gasteiger partial charge < -0.3 is 0 Å². The van der Waals surface area contributed by atoms with E-state index in [2.05, 4.69) is 45.0 Å². The molecule has 1 nitrogen and oxygen atoms in total. The van der Waals surface area contributed by atoms with Crippen LogP contribution in [0.2, 0.25) is 0 Å². The second-order valence-corrected chi connectivity index (χ2v) is 6.97. The molecule has 1 spiro atoms. The lowest BCUT2D eigenvalue weighted by atomic mass is 9.56. The number of hydrogen-bond acceptors (Lipinski definition) is 1. The maximum atomic E-state index is 11.6. The summed E-state index contributed by atoms with van der Waals surface area (Å²) in [5.41, 5.74) is 4.67. The minimum atomic E-state index is 0.199. The second kappa shape index (κ2) is 4.06. The zero-order valence-corrected chi connectivity index (χ0v) is 12.1. The number of fused-ring (bicyclic) bond motifs is 1. The molecule has 0 fully saturated rings. The van der Waals surface area contributed by atoms with Crippen molar-refractivity contribution in [1.29, 1.82) is 0 Å². The Morgan fingerprint density at radius 3 is 2.63 bits per heavy atom. The Balaban J connectivity index is 2.10. The summed E-state index contributed by atoms with van der Waals surface area (Å²) in [7, 11) is 0. The van der Waals surface area contributed by atoms with Crippen LogP contribution in [-0.2, 0) is 16.6 Å². The SMILES string of the molecule is CC1=CC(=O)CCC12Cc1ccccc1C(C)(C)C2. The molecule has 0 N–H and O–H groups in total. The van der Waals surface area contributed by atoms with Crippen LogP contribution >= 0.6 is 0 Å². The molecule has 0 amide bonds. The summed E-state index contributed by atoms with van der Waals surface area (Å²) in [6.07, 6.45) is 5.89. The normalized spacial score (nSPS) is 29.0. The van der Waals surface area contributed by atoms with Gasteiger partial charge in [-0.15, -0.1) is 0 Å². The monoisotopic (exact) mass is 254 g/mol. The number of carbonyl (C=O) groups excluding carboxylic acids is 1. The maximum Gasteiger partial charge on any atom is 0.155 e. The maximum absolute atomic E-state index is 11.6. The Labute approximate surface area is 115 Å². The molecule has 1 aromatic rings. The molecule has 1 unspecified atom stereocenters. The molecule has 0 bridgehead atoms. The van der Waals surface area contributed by atoms with Crippen molar-refractivity contribution in [3.8, 4) is 0 Å². The molecule has 1 aromatic carbocycles. The fourth-order valence-corrected chi connectivity index (χ4v) is 4.18. The molecule has 1 heteroatoms. The van der Waals surface area contributed by atoms with Gasteiger partial charge in [-0.1, -0.05) is 43.7 Å². The van der Waals surface area contributed by atoms with Gasteiger partial charge in [-0.25, -0.2) is 0 Å². The van der Waals surface area contributed by atoms with E-state index in [0.29, 0.717) is 5.78 Å². The second-order valence-electron chi connectivity index (χ2n) is 6.97. The van der Waals surface area contributed by atoms with Gasteiger partial charge in [0.1, 0.15) is 0 Å². The van der Waals surface area contributed by atoms with Gasteiger partial charge in [-0.05, 0) is 54.2 Å². The first-order valence-corrected chi connectivity index (χ1v) is 7.23. The van der Waals surface area contributed by atoms with Gasteiger partial charge in [0.05, 0.1) is 0 Å². The Kier molecular flexibility index (Phi) is 2.70. The zero-order valence-electron chi connectivity index (χ0n) is 12.1. The van der Waals surface area contributed by atoms with E-state index in [9.17, 15) is 4.79 Å². The van der Waals surface area contributed by atoms with Crippen molar-refractivity contribution in [1.82, 2.24) is 0 Å². The molecule has 2 aliphatic rings. The van der Waals surface area contributed by atoms with Crippen LogP contribution in [0.3, 0.4) is 0 Å². The topological polar surface area (TPSA) is 17.1 Å². The minimum absolute atomic E-state index is 0.199. The third kappa shape index (κ3) is 1.96. The molecule has 0 aromatic heterocycles. The van der Waals surface area contributed by atoms with Crippen LogP contribution in [0.1, 0.15) is 51.2 Å². The van der Waals surface area contributed by atoms with Gasteiger partial charge in [0.25, 0.3) is 0 Å². The van der Waals surface area contributed by atoms with Crippen molar-refractivity contribution in [3.05, 3.63) is 47.0 Å². The summed E-state index contributed by atoms with van der Waals surface area (Å²) in [6, 6.07) is 8.82. The Hall–Kier alpha value is -1.37. The van der Waals surface area contributed by atoms with Crippen molar-refractivity contribution in [2.24, 2.45) is 5.41 Å². The van der Waals surface area contributed by atoms with E-state index in [1.54, 1.807) is 0 Å². The van der Waals surface area contributed by atoms with Crippen LogP contribution in [0.15, 0.2) is 35.9 Å². The fraction of sp³-hybridized carbons (Fsp3) is 0.500. The molecule has 0 saturated heterocycles. The summed E-state index contributed by atoms with van der Waals surface area (Å²) in [4.78, 5) is 11.6. The van der Waals surface area contributed by atoms with E-state index in [4.69, 9.17) is 0 Å². The number of ketones is 1. The highest BCUT2D eigenvalue weighted by molar-refractivity contribution is 5.91. The van der Waals surface area contributed by atoms with Crippen molar-refractivity contribution in [2.45, 2.75) is 51.9 Å². The first-order chi connectivity index (χ1) is 8.93. The van der Waals surface area contributed by atoms with Gasteiger partial charge in [0, 0.05) is 6.42 Å². The Morgan fingerprint density at radius 1 is 1.16 bits per heavy atom. The van der Waals surface area contributed by atoms with E-state index in [0.717, 1.165) is 25.7 Å². The minimum Gasteiger partial charge on any atom is -0.295 e. The lowest BCUT2D eigenvalue weighted by Gasteiger charge is -2.48. The van der Waals surface area contributed by atoms with E-state index >= 15 is 0 Å².